The summed E-state index contributed by atoms with van der Waals surface area (Å²) < 4.78 is 0. The van der Waals surface area contributed by atoms with Gasteiger partial charge >= 0.3 is 0 Å². The molecule has 3 N–H and O–H groups in total. The lowest BCUT2D eigenvalue weighted by Gasteiger charge is -2.06. The third kappa shape index (κ3) is 5.04. The number of amides is 2. The highest BCUT2D eigenvalue weighted by molar-refractivity contribution is 7.14. The van der Waals surface area contributed by atoms with Gasteiger partial charge in [0.05, 0.1) is 24.2 Å². The van der Waals surface area contributed by atoms with E-state index in [9.17, 15) is 14.7 Å². The molecule has 0 saturated carbocycles. The van der Waals surface area contributed by atoms with Crippen LogP contribution in [0.5, 0.6) is 5.75 Å². The molecular formula is C17H14ClN3O3S2. The Morgan fingerprint density at radius 1 is 1.12 bits per heavy atom. The number of carbonyl (C=O) groups is 2. The van der Waals surface area contributed by atoms with Crippen molar-refractivity contribution in [3.8, 4) is 5.75 Å². The average molecular weight is 408 g/mol. The Bertz CT molecular complexity index is 925. The van der Waals surface area contributed by atoms with E-state index < -0.39 is 0 Å². The van der Waals surface area contributed by atoms with E-state index >= 15 is 0 Å². The van der Waals surface area contributed by atoms with Gasteiger partial charge in [0.1, 0.15) is 5.75 Å². The molecule has 0 atom stereocenters. The van der Waals surface area contributed by atoms with Crippen molar-refractivity contribution >= 4 is 56.9 Å². The standard InChI is InChI=1S/C17H14ClN3O3S2/c18-10-3-4-14(22)13(6-10)20-15(23)7-11-9-26-17(19-11)21-16(24)8-12-2-1-5-25-12/h1-6,9,22H,7-8H2,(H,20,23)(H,19,21,24). The van der Waals surface area contributed by atoms with Crippen LogP contribution in [-0.4, -0.2) is 21.9 Å². The number of thiazole rings is 1. The molecule has 0 unspecified atom stereocenters. The van der Waals surface area contributed by atoms with Crippen LogP contribution in [0.25, 0.3) is 0 Å². The fraction of sp³-hybridized carbons (Fsp3) is 0.118. The van der Waals surface area contributed by atoms with E-state index in [0.717, 1.165) is 4.88 Å². The second-order valence-electron chi connectivity index (χ2n) is 5.33. The van der Waals surface area contributed by atoms with Gasteiger partial charge in [-0.25, -0.2) is 4.98 Å². The minimum Gasteiger partial charge on any atom is -0.506 e. The SMILES string of the molecule is O=C(Cc1cccs1)Nc1nc(CC(=O)Nc2cc(Cl)ccc2O)cs1. The van der Waals surface area contributed by atoms with Crippen molar-refractivity contribution in [2.45, 2.75) is 12.8 Å². The fourth-order valence-electron chi connectivity index (χ4n) is 2.15. The summed E-state index contributed by atoms with van der Waals surface area (Å²) in [5.41, 5.74) is 0.766. The van der Waals surface area contributed by atoms with Crippen LogP contribution in [0.3, 0.4) is 0 Å². The van der Waals surface area contributed by atoms with Gasteiger partial charge in [-0.05, 0) is 29.6 Å². The van der Waals surface area contributed by atoms with Gasteiger partial charge in [-0.15, -0.1) is 22.7 Å². The maximum atomic E-state index is 12.1. The first-order valence-electron chi connectivity index (χ1n) is 7.54. The topological polar surface area (TPSA) is 91.3 Å². The summed E-state index contributed by atoms with van der Waals surface area (Å²) in [6.45, 7) is 0. The van der Waals surface area contributed by atoms with Crippen molar-refractivity contribution in [3.05, 3.63) is 56.7 Å². The molecule has 134 valence electrons. The summed E-state index contributed by atoms with van der Waals surface area (Å²) in [6.07, 6.45) is 0.310. The summed E-state index contributed by atoms with van der Waals surface area (Å²) >= 11 is 8.62. The molecule has 3 aromatic rings. The Balaban J connectivity index is 1.55. The number of thiophene rings is 1. The molecule has 0 aliphatic heterocycles. The maximum absolute atomic E-state index is 12.1. The number of nitrogens with one attached hydrogen (secondary N) is 2. The number of hydrogen-bond acceptors (Lipinski definition) is 6. The molecule has 0 spiro atoms. The number of aromatic hydroxyl groups is 1. The molecule has 1 aromatic carbocycles. The van der Waals surface area contributed by atoms with Crippen molar-refractivity contribution in [2.24, 2.45) is 0 Å². The zero-order valence-corrected chi connectivity index (χ0v) is 15.7. The van der Waals surface area contributed by atoms with Crippen LogP contribution in [0.2, 0.25) is 5.02 Å². The summed E-state index contributed by atoms with van der Waals surface area (Å²) in [5.74, 6) is -0.562. The number of carbonyl (C=O) groups excluding carboxylic acids is 2. The zero-order valence-electron chi connectivity index (χ0n) is 13.4. The average Bonchev–Trinajstić information content (AvgIpc) is 3.23. The number of rotatable bonds is 6. The Morgan fingerprint density at radius 2 is 1.92 bits per heavy atom. The molecular weight excluding hydrogens is 394 g/mol. The maximum Gasteiger partial charge on any atom is 0.231 e. The van der Waals surface area contributed by atoms with Crippen LogP contribution in [0.1, 0.15) is 10.6 Å². The lowest BCUT2D eigenvalue weighted by atomic mass is 10.2. The van der Waals surface area contributed by atoms with Crippen molar-refractivity contribution in [2.75, 3.05) is 10.6 Å². The molecule has 26 heavy (non-hydrogen) atoms. The molecule has 6 nitrogen and oxygen atoms in total. The van der Waals surface area contributed by atoms with Gasteiger partial charge in [0.2, 0.25) is 11.8 Å². The Kier molecular flexibility index (Phi) is 5.87. The quantitative estimate of drug-likeness (QED) is 0.540. The Morgan fingerprint density at radius 3 is 2.69 bits per heavy atom. The van der Waals surface area contributed by atoms with Gasteiger partial charge in [0, 0.05) is 15.3 Å². The van der Waals surface area contributed by atoms with Crippen molar-refractivity contribution in [3.63, 3.8) is 0 Å². The number of hydrogen-bond donors (Lipinski definition) is 3. The molecule has 0 fully saturated rings. The fourth-order valence-corrected chi connectivity index (χ4v) is 3.75. The highest BCUT2D eigenvalue weighted by Crippen LogP contribution is 2.26. The second-order valence-corrected chi connectivity index (χ2v) is 7.66. The first kappa shape index (κ1) is 18.4. The molecule has 2 aromatic heterocycles. The second kappa shape index (κ2) is 8.31. The van der Waals surface area contributed by atoms with Crippen molar-refractivity contribution < 1.29 is 14.7 Å². The third-order valence-electron chi connectivity index (χ3n) is 3.29. The molecule has 0 aliphatic carbocycles. The summed E-state index contributed by atoms with van der Waals surface area (Å²) in [7, 11) is 0. The number of aromatic nitrogens is 1. The number of phenolic OH excluding ortho intramolecular Hbond substituents is 1. The van der Waals surface area contributed by atoms with E-state index in [1.54, 1.807) is 5.38 Å². The molecule has 3 rings (SSSR count). The predicted octanol–water partition coefficient (Wildman–Crippen LogP) is 3.93. The van der Waals surface area contributed by atoms with Crippen LogP contribution >= 0.6 is 34.3 Å². The van der Waals surface area contributed by atoms with E-state index in [0.29, 0.717) is 22.3 Å². The summed E-state index contributed by atoms with van der Waals surface area (Å²) in [4.78, 5) is 29.3. The minimum atomic E-state index is -0.343. The third-order valence-corrected chi connectivity index (χ3v) is 5.21. The van der Waals surface area contributed by atoms with Crippen molar-refractivity contribution in [1.29, 1.82) is 0 Å². The van der Waals surface area contributed by atoms with Gasteiger partial charge in [0.25, 0.3) is 0 Å². The lowest BCUT2D eigenvalue weighted by molar-refractivity contribution is -0.116. The molecule has 2 amide bonds. The summed E-state index contributed by atoms with van der Waals surface area (Å²) in [5, 5.41) is 19.5. The normalized spacial score (nSPS) is 10.5. The van der Waals surface area contributed by atoms with Crippen LogP contribution in [0.15, 0.2) is 41.1 Å². The summed E-state index contributed by atoms with van der Waals surface area (Å²) in [6, 6.07) is 8.18. The Hall–Kier alpha value is -2.42. The number of halogens is 1. The van der Waals surface area contributed by atoms with Crippen LogP contribution in [0.4, 0.5) is 10.8 Å². The minimum absolute atomic E-state index is 0.0171. The number of phenols is 1. The van der Waals surface area contributed by atoms with Crippen LogP contribution in [-0.2, 0) is 22.4 Å². The van der Waals surface area contributed by atoms with E-state index in [1.165, 1.54) is 40.9 Å². The van der Waals surface area contributed by atoms with Crippen LogP contribution < -0.4 is 10.6 Å². The lowest BCUT2D eigenvalue weighted by Crippen LogP contribution is -2.15. The molecule has 0 radical (unpaired) electrons. The van der Waals surface area contributed by atoms with E-state index in [-0.39, 0.29) is 29.7 Å². The van der Waals surface area contributed by atoms with Gasteiger partial charge < -0.3 is 15.7 Å². The van der Waals surface area contributed by atoms with Crippen molar-refractivity contribution in [1.82, 2.24) is 4.98 Å². The molecule has 9 heteroatoms. The smallest absolute Gasteiger partial charge is 0.231 e. The van der Waals surface area contributed by atoms with E-state index in [4.69, 9.17) is 11.6 Å². The van der Waals surface area contributed by atoms with E-state index in [1.807, 2.05) is 17.5 Å². The zero-order chi connectivity index (χ0) is 18.5. The van der Waals surface area contributed by atoms with Gasteiger partial charge in [-0.1, -0.05) is 17.7 Å². The molecule has 2 heterocycles. The van der Waals surface area contributed by atoms with Gasteiger partial charge in [-0.2, -0.15) is 0 Å². The van der Waals surface area contributed by atoms with Gasteiger partial charge in [0.15, 0.2) is 5.13 Å². The molecule has 0 saturated heterocycles. The number of nitrogens with zero attached hydrogens (tertiary/aromatic N) is 1. The predicted molar refractivity (Wildman–Crippen MR) is 104 cm³/mol. The first-order valence-corrected chi connectivity index (χ1v) is 9.68. The van der Waals surface area contributed by atoms with E-state index in [2.05, 4.69) is 15.6 Å². The largest absolute Gasteiger partial charge is 0.506 e. The molecule has 0 aliphatic rings. The first-order chi connectivity index (χ1) is 12.5. The number of anilines is 2. The Labute approximate surface area is 162 Å². The highest BCUT2D eigenvalue weighted by Gasteiger charge is 2.12. The highest BCUT2D eigenvalue weighted by atomic mass is 35.5. The number of benzene rings is 1. The molecule has 0 bridgehead atoms. The van der Waals surface area contributed by atoms with Crippen LogP contribution in [0, 0.1) is 0 Å². The van der Waals surface area contributed by atoms with Gasteiger partial charge in [-0.3, -0.25) is 9.59 Å². The monoisotopic (exact) mass is 407 g/mol.